The van der Waals surface area contributed by atoms with Crippen LogP contribution in [-0.2, 0) is 30.4 Å². The number of benzene rings is 1. The van der Waals surface area contributed by atoms with Gasteiger partial charge < -0.3 is 36.8 Å². The highest BCUT2D eigenvalue weighted by molar-refractivity contribution is 5.94. The number of nitrogens with zero attached hydrogens (tertiary/aromatic N) is 1. The van der Waals surface area contributed by atoms with E-state index in [0.717, 1.165) is 13.0 Å². The molecule has 12 heteroatoms. The minimum atomic E-state index is -1.37. The van der Waals surface area contributed by atoms with Crippen molar-refractivity contribution in [1.29, 1.82) is 0 Å². The first-order chi connectivity index (χ1) is 17.2. The molecule has 2 heterocycles. The third-order valence-corrected chi connectivity index (χ3v) is 6.50. The van der Waals surface area contributed by atoms with E-state index in [1.54, 1.807) is 17.0 Å². The molecule has 1 aromatic rings. The molecule has 0 radical (unpaired) electrons. The van der Waals surface area contributed by atoms with Gasteiger partial charge in [0.05, 0.1) is 6.04 Å². The lowest BCUT2D eigenvalue weighted by Gasteiger charge is -2.28. The van der Waals surface area contributed by atoms with Gasteiger partial charge in [0, 0.05) is 19.4 Å². The van der Waals surface area contributed by atoms with Crippen LogP contribution in [0.25, 0.3) is 0 Å². The normalized spacial score (nSPS) is 20.9. The number of aliphatic carboxylic acids is 1. The van der Waals surface area contributed by atoms with E-state index >= 15 is 0 Å². The third-order valence-electron chi connectivity index (χ3n) is 6.50. The van der Waals surface area contributed by atoms with E-state index in [0.29, 0.717) is 31.4 Å². The first-order valence-electron chi connectivity index (χ1n) is 12.1. The number of likely N-dealkylation sites (tertiary alicyclic amines) is 1. The number of carbonyl (C=O) groups excluding carboxylic acids is 4. The van der Waals surface area contributed by atoms with Gasteiger partial charge in [-0.05, 0) is 56.3 Å². The second-order valence-corrected chi connectivity index (χ2v) is 9.17. The number of nitrogens with one attached hydrogen (secondary N) is 3. The quantitative estimate of drug-likeness (QED) is 0.221. The zero-order valence-corrected chi connectivity index (χ0v) is 19.9. The number of hydrogen-bond acceptors (Lipinski definition) is 7. The number of carboxylic acid groups (broad SMARTS) is 1. The summed E-state index contributed by atoms with van der Waals surface area (Å²) in [6, 6.07) is 2.45. The number of carbonyl (C=O) groups is 5. The van der Waals surface area contributed by atoms with Gasteiger partial charge in [-0.2, -0.15) is 0 Å². The maximum absolute atomic E-state index is 13.2. The first kappa shape index (κ1) is 26.9. The zero-order valence-electron chi connectivity index (χ0n) is 19.9. The number of phenolic OH excluding ortho intramolecular Hbond substituents is 1. The molecule has 0 aromatic heterocycles. The second kappa shape index (κ2) is 12.3. The maximum Gasteiger partial charge on any atom is 0.326 e. The summed E-state index contributed by atoms with van der Waals surface area (Å²) < 4.78 is 0. The fourth-order valence-corrected chi connectivity index (χ4v) is 4.56. The summed E-state index contributed by atoms with van der Waals surface area (Å²) in [4.78, 5) is 63.5. The minimum Gasteiger partial charge on any atom is -0.508 e. The molecule has 0 spiro atoms. The van der Waals surface area contributed by atoms with Crippen molar-refractivity contribution in [3.05, 3.63) is 29.8 Å². The van der Waals surface area contributed by atoms with Crippen molar-refractivity contribution in [3.63, 3.8) is 0 Å². The van der Waals surface area contributed by atoms with Gasteiger partial charge >= 0.3 is 5.97 Å². The van der Waals surface area contributed by atoms with Gasteiger partial charge in [-0.25, -0.2) is 4.79 Å². The largest absolute Gasteiger partial charge is 0.508 e. The van der Waals surface area contributed by atoms with Crippen LogP contribution in [0.2, 0.25) is 0 Å². The standard InChI is InChI=1S/C24H33N5O7/c25-20(31)10-9-17(24(35)36)27-21(32)18(13-14-5-7-15(30)8-6-14)28-22(33)19-4-2-12-29(19)23(34)16-3-1-11-26-16/h5-8,16-19,26,30H,1-4,9-13H2,(H2,25,31)(H,27,32)(H,28,33)(H,35,36). The molecular formula is C24H33N5O7. The summed E-state index contributed by atoms with van der Waals surface area (Å²) in [7, 11) is 0. The predicted molar refractivity (Wildman–Crippen MR) is 127 cm³/mol. The van der Waals surface area contributed by atoms with Crippen LogP contribution in [-0.4, -0.2) is 82.0 Å². The predicted octanol–water partition coefficient (Wildman–Crippen LogP) is -1.00. The average molecular weight is 504 g/mol. The van der Waals surface area contributed by atoms with E-state index in [-0.39, 0.29) is 37.0 Å². The van der Waals surface area contributed by atoms with Gasteiger partial charge in [0.15, 0.2) is 0 Å². The topological polar surface area (TPSA) is 191 Å². The molecule has 12 nitrogen and oxygen atoms in total. The number of hydrogen-bond donors (Lipinski definition) is 6. The van der Waals surface area contributed by atoms with E-state index in [1.807, 2.05) is 0 Å². The molecule has 4 amide bonds. The molecular weight excluding hydrogens is 470 g/mol. The molecule has 4 unspecified atom stereocenters. The Morgan fingerprint density at radius 2 is 1.78 bits per heavy atom. The highest BCUT2D eigenvalue weighted by Crippen LogP contribution is 2.21. The molecule has 0 aliphatic carbocycles. The number of amides is 4. The Morgan fingerprint density at radius 1 is 1.06 bits per heavy atom. The van der Waals surface area contributed by atoms with E-state index in [9.17, 15) is 34.2 Å². The summed E-state index contributed by atoms with van der Waals surface area (Å²) in [5, 5.41) is 27.2. The highest BCUT2D eigenvalue weighted by Gasteiger charge is 2.39. The molecule has 196 valence electrons. The highest BCUT2D eigenvalue weighted by atomic mass is 16.4. The van der Waals surface area contributed by atoms with Gasteiger partial charge in [0.2, 0.25) is 23.6 Å². The molecule has 1 aromatic carbocycles. The van der Waals surface area contributed by atoms with E-state index in [4.69, 9.17) is 5.73 Å². The Hall–Kier alpha value is -3.67. The van der Waals surface area contributed by atoms with Gasteiger partial charge in [0.1, 0.15) is 23.9 Å². The monoisotopic (exact) mass is 503 g/mol. The molecule has 7 N–H and O–H groups in total. The Bertz CT molecular complexity index is 978. The summed E-state index contributed by atoms with van der Waals surface area (Å²) in [6.45, 7) is 1.19. The number of phenols is 1. The summed E-state index contributed by atoms with van der Waals surface area (Å²) in [5.41, 5.74) is 5.72. The first-order valence-corrected chi connectivity index (χ1v) is 12.1. The van der Waals surface area contributed by atoms with E-state index < -0.39 is 41.8 Å². The SMILES string of the molecule is NC(=O)CCC(NC(=O)C(Cc1ccc(O)cc1)NC(=O)C1CCCN1C(=O)C1CCCN1)C(=O)O. The fourth-order valence-electron chi connectivity index (χ4n) is 4.56. The fraction of sp³-hybridized carbons (Fsp3) is 0.542. The Kier molecular flexibility index (Phi) is 9.23. The van der Waals surface area contributed by atoms with Crippen molar-refractivity contribution in [2.24, 2.45) is 5.73 Å². The Morgan fingerprint density at radius 3 is 2.39 bits per heavy atom. The van der Waals surface area contributed by atoms with Gasteiger partial charge in [-0.3, -0.25) is 19.2 Å². The van der Waals surface area contributed by atoms with Crippen molar-refractivity contribution in [2.75, 3.05) is 13.1 Å². The molecule has 4 atom stereocenters. The molecule has 2 fully saturated rings. The molecule has 2 aliphatic rings. The maximum atomic E-state index is 13.2. The number of aromatic hydroxyl groups is 1. The summed E-state index contributed by atoms with van der Waals surface area (Å²) in [6.07, 6.45) is 2.28. The smallest absolute Gasteiger partial charge is 0.326 e. The van der Waals surface area contributed by atoms with Crippen molar-refractivity contribution < 1.29 is 34.2 Å². The van der Waals surface area contributed by atoms with Crippen LogP contribution in [0.3, 0.4) is 0 Å². The Balaban J connectivity index is 1.74. The second-order valence-electron chi connectivity index (χ2n) is 9.17. The minimum absolute atomic E-state index is 0.0187. The molecule has 2 aliphatic heterocycles. The molecule has 2 saturated heterocycles. The number of nitrogens with two attached hydrogens (primary N) is 1. The van der Waals surface area contributed by atoms with Gasteiger partial charge in [0.25, 0.3) is 0 Å². The summed E-state index contributed by atoms with van der Waals surface area (Å²) in [5.74, 6) is -3.39. The van der Waals surface area contributed by atoms with Crippen LogP contribution in [0.1, 0.15) is 44.1 Å². The number of rotatable bonds is 11. The van der Waals surface area contributed by atoms with Crippen molar-refractivity contribution in [2.45, 2.75) is 69.1 Å². The van der Waals surface area contributed by atoms with Crippen LogP contribution in [0.5, 0.6) is 5.75 Å². The lowest BCUT2D eigenvalue weighted by Crippen LogP contribution is -2.57. The van der Waals surface area contributed by atoms with Crippen molar-refractivity contribution in [3.8, 4) is 5.75 Å². The van der Waals surface area contributed by atoms with Crippen LogP contribution in [0.15, 0.2) is 24.3 Å². The van der Waals surface area contributed by atoms with Crippen LogP contribution in [0.4, 0.5) is 0 Å². The summed E-state index contributed by atoms with van der Waals surface area (Å²) >= 11 is 0. The van der Waals surface area contributed by atoms with Gasteiger partial charge in [-0.15, -0.1) is 0 Å². The van der Waals surface area contributed by atoms with Gasteiger partial charge in [-0.1, -0.05) is 12.1 Å². The average Bonchev–Trinajstić information content (AvgIpc) is 3.54. The number of carboxylic acids is 1. The Labute approximate surface area is 208 Å². The van der Waals surface area contributed by atoms with Crippen LogP contribution >= 0.6 is 0 Å². The molecule has 0 bridgehead atoms. The third kappa shape index (κ3) is 7.17. The lowest BCUT2D eigenvalue weighted by atomic mass is 10.0. The number of primary amides is 1. The van der Waals surface area contributed by atoms with Crippen molar-refractivity contribution >= 4 is 29.6 Å². The zero-order chi connectivity index (χ0) is 26.2. The molecule has 3 rings (SSSR count). The van der Waals surface area contributed by atoms with Crippen molar-refractivity contribution in [1.82, 2.24) is 20.9 Å². The lowest BCUT2D eigenvalue weighted by molar-refractivity contribution is -0.143. The van der Waals surface area contributed by atoms with E-state index in [1.165, 1.54) is 12.1 Å². The molecule has 0 saturated carbocycles. The molecule has 36 heavy (non-hydrogen) atoms. The van der Waals surface area contributed by atoms with E-state index in [2.05, 4.69) is 16.0 Å². The van der Waals surface area contributed by atoms with Crippen LogP contribution < -0.4 is 21.7 Å². The van der Waals surface area contributed by atoms with Crippen LogP contribution in [0, 0.1) is 0 Å².